The number of amides is 1. The molecule has 0 spiro atoms. The first-order valence-electron chi connectivity index (χ1n) is 8.43. The predicted molar refractivity (Wildman–Crippen MR) is 95.3 cm³/mol. The molecule has 0 aromatic heterocycles. The molecule has 120 valence electrons. The van der Waals surface area contributed by atoms with Crippen LogP contribution in [-0.4, -0.2) is 12.5 Å². The molecule has 1 saturated carbocycles. The van der Waals surface area contributed by atoms with Crippen molar-refractivity contribution in [1.82, 2.24) is 0 Å². The lowest BCUT2D eigenvalue weighted by atomic mass is 9.85. The van der Waals surface area contributed by atoms with Crippen LogP contribution in [0.1, 0.15) is 31.2 Å². The molecule has 23 heavy (non-hydrogen) atoms. The molecule has 0 bridgehead atoms. The molecule has 1 aliphatic carbocycles. The van der Waals surface area contributed by atoms with E-state index in [-0.39, 0.29) is 5.91 Å². The van der Waals surface area contributed by atoms with Crippen molar-refractivity contribution < 1.29 is 4.79 Å². The number of aryl methyl sites for hydroxylation is 1. The van der Waals surface area contributed by atoms with Crippen LogP contribution in [0.15, 0.2) is 54.6 Å². The van der Waals surface area contributed by atoms with Gasteiger partial charge in [0.2, 0.25) is 5.91 Å². The summed E-state index contributed by atoms with van der Waals surface area (Å²) in [5.74, 6) is 0.840. The molecule has 1 aliphatic rings. The topological polar surface area (TPSA) is 46.3 Å². The Morgan fingerprint density at radius 3 is 2.39 bits per heavy atom. The van der Waals surface area contributed by atoms with Gasteiger partial charge in [-0.05, 0) is 48.9 Å². The minimum absolute atomic E-state index is 0.186. The number of nitrogens with zero attached hydrogens (tertiary/aromatic N) is 1. The zero-order valence-electron chi connectivity index (χ0n) is 13.4. The van der Waals surface area contributed by atoms with Crippen molar-refractivity contribution in [3.63, 3.8) is 0 Å². The van der Waals surface area contributed by atoms with E-state index in [0.717, 1.165) is 23.5 Å². The highest BCUT2D eigenvalue weighted by atomic mass is 16.2. The number of para-hydroxylation sites is 2. The Balaban J connectivity index is 1.68. The summed E-state index contributed by atoms with van der Waals surface area (Å²) in [4.78, 5) is 14.8. The molecular formula is C20H24N2O. The first-order valence-corrected chi connectivity index (χ1v) is 8.43. The summed E-state index contributed by atoms with van der Waals surface area (Å²) >= 11 is 0. The fraction of sp³-hybridized carbons (Fsp3) is 0.350. The summed E-state index contributed by atoms with van der Waals surface area (Å²) in [5.41, 5.74) is 8.81. The summed E-state index contributed by atoms with van der Waals surface area (Å²) in [6.45, 7) is 0.840. The van der Waals surface area contributed by atoms with Crippen molar-refractivity contribution in [2.75, 3.05) is 17.2 Å². The second kappa shape index (κ2) is 7.32. The third-order valence-electron chi connectivity index (χ3n) is 4.70. The number of rotatable bonds is 6. The van der Waals surface area contributed by atoms with Crippen LogP contribution in [0.25, 0.3) is 0 Å². The van der Waals surface area contributed by atoms with Crippen LogP contribution in [0.4, 0.5) is 11.4 Å². The van der Waals surface area contributed by atoms with Crippen LogP contribution in [0.5, 0.6) is 0 Å². The predicted octanol–water partition coefficient (Wildman–Crippen LogP) is 4.03. The van der Waals surface area contributed by atoms with E-state index in [2.05, 4.69) is 0 Å². The van der Waals surface area contributed by atoms with E-state index in [4.69, 9.17) is 5.73 Å². The second-order valence-electron chi connectivity index (χ2n) is 6.34. The fourth-order valence-electron chi connectivity index (χ4n) is 3.03. The Hall–Kier alpha value is -2.29. The standard InChI is InChI=1S/C20H24N2O/c21-19-12-5-4-9-17(19)13-14-20(23)22(15-16-7-6-8-16)18-10-2-1-3-11-18/h1-5,9-12,16H,6-8,13-15,21H2. The van der Waals surface area contributed by atoms with E-state index in [1.807, 2.05) is 59.5 Å². The van der Waals surface area contributed by atoms with Crippen molar-refractivity contribution in [1.29, 1.82) is 0 Å². The van der Waals surface area contributed by atoms with Crippen LogP contribution in [-0.2, 0) is 11.2 Å². The average molecular weight is 308 g/mol. The van der Waals surface area contributed by atoms with Gasteiger partial charge < -0.3 is 10.6 Å². The van der Waals surface area contributed by atoms with E-state index in [0.29, 0.717) is 18.8 Å². The Bertz CT molecular complexity index is 650. The van der Waals surface area contributed by atoms with Crippen molar-refractivity contribution in [2.24, 2.45) is 5.92 Å². The zero-order valence-corrected chi connectivity index (χ0v) is 13.4. The molecule has 3 rings (SSSR count). The Kier molecular flexibility index (Phi) is 4.96. The summed E-state index contributed by atoms with van der Waals surface area (Å²) < 4.78 is 0. The SMILES string of the molecule is Nc1ccccc1CCC(=O)N(CC1CCC1)c1ccccc1. The molecule has 0 heterocycles. The maximum Gasteiger partial charge on any atom is 0.227 e. The van der Waals surface area contributed by atoms with E-state index in [1.165, 1.54) is 19.3 Å². The maximum atomic E-state index is 12.8. The smallest absolute Gasteiger partial charge is 0.227 e. The highest BCUT2D eigenvalue weighted by Gasteiger charge is 2.24. The van der Waals surface area contributed by atoms with Crippen molar-refractivity contribution in [2.45, 2.75) is 32.1 Å². The first-order chi connectivity index (χ1) is 11.2. The number of benzene rings is 2. The van der Waals surface area contributed by atoms with Gasteiger partial charge in [-0.15, -0.1) is 0 Å². The number of carbonyl (C=O) groups excluding carboxylic acids is 1. The monoisotopic (exact) mass is 308 g/mol. The zero-order chi connectivity index (χ0) is 16.1. The fourth-order valence-corrected chi connectivity index (χ4v) is 3.03. The van der Waals surface area contributed by atoms with E-state index >= 15 is 0 Å². The van der Waals surface area contributed by atoms with E-state index < -0.39 is 0 Å². The Labute approximate surface area is 138 Å². The quantitative estimate of drug-likeness (QED) is 0.819. The van der Waals surface area contributed by atoms with Gasteiger partial charge in [-0.3, -0.25) is 4.79 Å². The first kappa shape index (κ1) is 15.6. The van der Waals surface area contributed by atoms with E-state index in [9.17, 15) is 4.79 Å². The van der Waals surface area contributed by atoms with Gasteiger partial charge in [0.05, 0.1) is 0 Å². The number of hydrogen-bond acceptors (Lipinski definition) is 2. The minimum Gasteiger partial charge on any atom is -0.399 e. The molecule has 0 atom stereocenters. The molecule has 2 aromatic rings. The van der Waals surface area contributed by atoms with Crippen LogP contribution >= 0.6 is 0 Å². The average Bonchev–Trinajstić information content (AvgIpc) is 2.54. The highest BCUT2D eigenvalue weighted by molar-refractivity contribution is 5.93. The summed E-state index contributed by atoms with van der Waals surface area (Å²) in [7, 11) is 0. The van der Waals surface area contributed by atoms with Crippen molar-refractivity contribution >= 4 is 17.3 Å². The molecule has 1 fully saturated rings. The van der Waals surface area contributed by atoms with Crippen LogP contribution < -0.4 is 10.6 Å². The lowest BCUT2D eigenvalue weighted by molar-refractivity contribution is -0.118. The number of nitrogens with two attached hydrogens (primary N) is 1. The van der Waals surface area contributed by atoms with Crippen LogP contribution in [0.2, 0.25) is 0 Å². The normalized spacial score (nSPS) is 14.3. The number of carbonyl (C=O) groups is 1. The van der Waals surface area contributed by atoms with Crippen molar-refractivity contribution in [3.05, 3.63) is 60.2 Å². The van der Waals surface area contributed by atoms with Gasteiger partial charge in [-0.25, -0.2) is 0 Å². The van der Waals surface area contributed by atoms with Crippen molar-refractivity contribution in [3.8, 4) is 0 Å². The molecule has 0 radical (unpaired) electrons. The molecule has 3 nitrogen and oxygen atoms in total. The third kappa shape index (κ3) is 3.92. The van der Waals surface area contributed by atoms with Gasteiger partial charge in [0, 0.05) is 24.3 Å². The van der Waals surface area contributed by atoms with Gasteiger partial charge >= 0.3 is 0 Å². The largest absolute Gasteiger partial charge is 0.399 e. The molecule has 3 heteroatoms. The third-order valence-corrected chi connectivity index (χ3v) is 4.70. The second-order valence-corrected chi connectivity index (χ2v) is 6.34. The molecule has 2 aromatic carbocycles. The van der Waals surface area contributed by atoms with Crippen LogP contribution in [0, 0.1) is 5.92 Å². The van der Waals surface area contributed by atoms with Gasteiger partial charge in [0.25, 0.3) is 0 Å². The molecule has 0 saturated heterocycles. The molecule has 0 unspecified atom stereocenters. The number of hydrogen-bond donors (Lipinski definition) is 1. The minimum atomic E-state index is 0.186. The highest BCUT2D eigenvalue weighted by Crippen LogP contribution is 2.29. The number of nitrogen functional groups attached to an aromatic ring is 1. The summed E-state index contributed by atoms with van der Waals surface area (Å²) in [6.07, 6.45) is 4.96. The Morgan fingerprint density at radius 2 is 1.74 bits per heavy atom. The molecule has 1 amide bonds. The lowest BCUT2D eigenvalue weighted by Crippen LogP contribution is -2.37. The number of anilines is 2. The van der Waals surface area contributed by atoms with Gasteiger partial charge in [0.1, 0.15) is 0 Å². The van der Waals surface area contributed by atoms with E-state index in [1.54, 1.807) is 0 Å². The summed E-state index contributed by atoms with van der Waals surface area (Å²) in [5, 5.41) is 0. The Morgan fingerprint density at radius 1 is 1.04 bits per heavy atom. The molecule has 2 N–H and O–H groups in total. The molecular weight excluding hydrogens is 284 g/mol. The van der Waals surface area contributed by atoms with Gasteiger partial charge in [-0.1, -0.05) is 42.8 Å². The summed E-state index contributed by atoms with van der Waals surface area (Å²) in [6, 6.07) is 17.8. The molecule has 0 aliphatic heterocycles. The van der Waals surface area contributed by atoms with Crippen LogP contribution in [0.3, 0.4) is 0 Å². The lowest BCUT2D eigenvalue weighted by Gasteiger charge is -2.32. The maximum absolute atomic E-state index is 12.8. The van der Waals surface area contributed by atoms with Gasteiger partial charge in [0.15, 0.2) is 0 Å². The van der Waals surface area contributed by atoms with Gasteiger partial charge in [-0.2, -0.15) is 0 Å².